The molecule has 0 aromatic heterocycles. The Morgan fingerprint density at radius 2 is 2.05 bits per heavy atom. The van der Waals surface area contributed by atoms with E-state index in [2.05, 4.69) is 27.3 Å². The van der Waals surface area contributed by atoms with Crippen LogP contribution in [0, 0.1) is 0 Å². The number of alkyl halides is 1. The molecule has 0 bridgehead atoms. The Hall–Kier alpha value is -1.60. The molecule has 4 atom stereocenters. The Morgan fingerprint density at radius 1 is 1.23 bits per heavy atom. The van der Waals surface area contributed by atoms with Crippen LogP contribution < -0.4 is 5.32 Å². The summed E-state index contributed by atoms with van der Waals surface area (Å²) in [7, 11) is 0. The minimum Gasteiger partial charge on any atom is -0.363 e. The second kappa shape index (κ2) is 4.02. The number of anilines is 1. The molecule has 7 heteroatoms. The summed E-state index contributed by atoms with van der Waals surface area (Å²) in [5.41, 5.74) is 2.14. The molecule has 4 aliphatic heterocycles. The van der Waals surface area contributed by atoms with Crippen LogP contribution in [0.15, 0.2) is 24.3 Å². The van der Waals surface area contributed by atoms with E-state index in [0.29, 0.717) is 13.0 Å². The summed E-state index contributed by atoms with van der Waals surface area (Å²) in [6.07, 6.45) is 0.351. The molecule has 4 aliphatic rings. The number of ether oxygens (including phenoxy) is 1. The number of carbonyl (C=O) groups is 2. The predicted molar refractivity (Wildman–Crippen MR) is 81.2 cm³/mol. The molecule has 0 saturated carbocycles. The maximum atomic E-state index is 12.9. The quantitative estimate of drug-likeness (QED) is 0.693. The molecule has 0 aliphatic carbocycles. The van der Waals surface area contributed by atoms with E-state index >= 15 is 0 Å². The summed E-state index contributed by atoms with van der Waals surface area (Å²) in [6, 6.07) is 7.12. The predicted octanol–water partition coefficient (Wildman–Crippen LogP) is 0.828. The molecule has 6 nitrogen and oxygen atoms in total. The van der Waals surface area contributed by atoms with E-state index in [1.165, 1.54) is 0 Å². The van der Waals surface area contributed by atoms with Crippen molar-refractivity contribution in [2.75, 3.05) is 18.7 Å². The average Bonchev–Trinajstić information content (AvgIpc) is 3.16. The zero-order valence-corrected chi connectivity index (χ0v) is 13.2. The van der Waals surface area contributed by atoms with Crippen molar-refractivity contribution in [3.63, 3.8) is 0 Å². The SMILES string of the molecule is O=C1C2CC3(Br)c4ccccc4NC3N2C(=O)C2COCN12. The fourth-order valence-electron chi connectivity index (χ4n) is 4.17. The Kier molecular flexibility index (Phi) is 2.36. The summed E-state index contributed by atoms with van der Waals surface area (Å²) in [6.45, 7) is 0.520. The largest absolute Gasteiger partial charge is 0.363 e. The molecule has 1 N–H and O–H groups in total. The fourth-order valence-corrected chi connectivity index (χ4v) is 5.15. The first-order valence-corrected chi connectivity index (χ1v) is 8.16. The number of fused-ring (bicyclic) bond motifs is 6. The smallest absolute Gasteiger partial charge is 0.250 e. The van der Waals surface area contributed by atoms with Crippen LogP contribution in [0.25, 0.3) is 0 Å². The highest BCUT2D eigenvalue weighted by molar-refractivity contribution is 9.09. The van der Waals surface area contributed by atoms with E-state index in [1.807, 2.05) is 18.2 Å². The van der Waals surface area contributed by atoms with Gasteiger partial charge in [-0.05, 0) is 11.6 Å². The van der Waals surface area contributed by atoms with E-state index in [0.717, 1.165) is 11.3 Å². The monoisotopic (exact) mass is 363 g/mol. The van der Waals surface area contributed by atoms with Gasteiger partial charge in [-0.1, -0.05) is 34.1 Å². The number of nitrogens with one attached hydrogen (secondary N) is 1. The zero-order valence-electron chi connectivity index (χ0n) is 11.7. The van der Waals surface area contributed by atoms with Crippen molar-refractivity contribution >= 4 is 33.4 Å². The number of amides is 2. The third-order valence-electron chi connectivity index (χ3n) is 5.19. The first-order valence-electron chi connectivity index (χ1n) is 7.36. The molecular weight excluding hydrogens is 350 g/mol. The minimum absolute atomic E-state index is 0.00499. The Labute approximate surface area is 135 Å². The summed E-state index contributed by atoms with van der Waals surface area (Å²) < 4.78 is 4.92. The number of rotatable bonds is 0. The molecule has 22 heavy (non-hydrogen) atoms. The lowest BCUT2D eigenvalue weighted by atomic mass is 9.95. The zero-order chi connectivity index (χ0) is 15.1. The van der Waals surface area contributed by atoms with Gasteiger partial charge in [-0.25, -0.2) is 0 Å². The van der Waals surface area contributed by atoms with Crippen molar-refractivity contribution in [2.45, 2.75) is 29.0 Å². The van der Waals surface area contributed by atoms with Crippen LogP contribution >= 0.6 is 15.9 Å². The number of hydrogen-bond acceptors (Lipinski definition) is 4. The van der Waals surface area contributed by atoms with Gasteiger partial charge in [-0.15, -0.1) is 0 Å². The summed E-state index contributed by atoms with van der Waals surface area (Å²) in [4.78, 5) is 28.9. The van der Waals surface area contributed by atoms with Crippen LogP contribution in [0.5, 0.6) is 0 Å². The van der Waals surface area contributed by atoms with Gasteiger partial charge in [-0.2, -0.15) is 0 Å². The number of halogens is 1. The number of carbonyl (C=O) groups excluding carboxylic acids is 2. The van der Waals surface area contributed by atoms with Gasteiger partial charge in [0.15, 0.2) is 0 Å². The molecule has 3 fully saturated rings. The summed E-state index contributed by atoms with van der Waals surface area (Å²) in [5, 5.41) is 3.41. The van der Waals surface area contributed by atoms with Gasteiger partial charge in [-0.3, -0.25) is 9.59 Å². The Morgan fingerprint density at radius 3 is 2.91 bits per heavy atom. The second-order valence-electron chi connectivity index (χ2n) is 6.24. The number of piperazine rings is 1. The molecule has 1 aromatic carbocycles. The highest BCUT2D eigenvalue weighted by Gasteiger charge is 2.64. The molecule has 4 heterocycles. The topological polar surface area (TPSA) is 61.9 Å². The molecule has 1 aromatic rings. The maximum absolute atomic E-state index is 12.9. The lowest BCUT2D eigenvalue weighted by molar-refractivity contribution is -0.158. The number of hydrogen-bond donors (Lipinski definition) is 1. The summed E-state index contributed by atoms with van der Waals surface area (Å²) >= 11 is 3.84. The van der Waals surface area contributed by atoms with Gasteiger partial charge < -0.3 is 19.9 Å². The van der Waals surface area contributed by atoms with Crippen LogP contribution in [0.1, 0.15) is 12.0 Å². The van der Waals surface area contributed by atoms with Crippen LogP contribution in [-0.2, 0) is 18.7 Å². The highest BCUT2D eigenvalue weighted by Crippen LogP contribution is 2.56. The van der Waals surface area contributed by atoms with Crippen LogP contribution in [-0.4, -0.2) is 53.2 Å². The third-order valence-corrected chi connectivity index (χ3v) is 6.38. The molecule has 5 rings (SSSR count). The van der Waals surface area contributed by atoms with Crippen molar-refractivity contribution in [3.8, 4) is 0 Å². The van der Waals surface area contributed by atoms with Gasteiger partial charge in [0.1, 0.15) is 25.0 Å². The van der Waals surface area contributed by atoms with Gasteiger partial charge in [0.2, 0.25) is 11.8 Å². The van der Waals surface area contributed by atoms with E-state index in [1.54, 1.807) is 9.80 Å². The fraction of sp³-hybridized carbons (Fsp3) is 0.467. The normalized spacial score (nSPS) is 38.5. The van der Waals surface area contributed by atoms with Crippen molar-refractivity contribution < 1.29 is 14.3 Å². The molecule has 114 valence electrons. The van der Waals surface area contributed by atoms with Crippen LogP contribution in [0.4, 0.5) is 5.69 Å². The lowest BCUT2D eigenvalue weighted by Crippen LogP contribution is -2.63. The molecular formula is C15H14BrN3O3. The van der Waals surface area contributed by atoms with E-state index < -0.39 is 16.4 Å². The molecule has 0 spiro atoms. The van der Waals surface area contributed by atoms with Crippen molar-refractivity contribution in [1.29, 1.82) is 0 Å². The van der Waals surface area contributed by atoms with Gasteiger partial charge in [0, 0.05) is 12.1 Å². The molecule has 2 amide bonds. The van der Waals surface area contributed by atoms with Crippen LogP contribution in [0.2, 0.25) is 0 Å². The number of para-hydroxylation sites is 1. The highest BCUT2D eigenvalue weighted by atomic mass is 79.9. The lowest BCUT2D eigenvalue weighted by Gasteiger charge is -2.39. The van der Waals surface area contributed by atoms with E-state index in [-0.39, 0.29) is 24.7 Å². The third kappa shape index (κ3) is 1.34. The van der Waals surface area contributed by atoms with Gasteiger partial charge >= 0.3 is 0 Å². The van der Waals surface area contributed by atoms with Gasteiger partial charge in [0.25, 0.3) is 0 Å². The van der Waals surface area contributed by atoms with Gasteiger partial charge in [0.05, 0.1) is 10.9 Å². The molecule has 0 radical (unpaired) electrons. The first-order chi connectivity index (χ1) is 10.6. The average molecular weight is 364 g/mol. The van der Waals surface area contributed by atoms with E-state index in [4.69, 9.17) is 4.74 Å². The number of nitrogens with zero attached hydrogens (tertiary/aromatic N) is 2. The van der Waals surface area contributed by atoms with Crippen molar-refractivity contribution in [2.24, 2.45) is 0 Å². The number of benzene rings is 1. The summed E-state index contributed by atoms with van der Waals surface area (Å²) in [5.74, 6) is -0.0247. The maximum Gasteiger partial charge on any atom is 0.250 e. The first kappa shape index (κ1) is 12.9. The Balaban J connectivity index is 1.61. The van der Waals surface area contributed by atoms with Crippen molar-refractivity contribution in [3.05, 3.63) is 29.8 Å². The van der Waals surface area contributed by atoms with E-state index in [9.17, 15) is 9.59 Å². The molecule has 4 unspecified atom stereocenters. The standard InChI is InChI=1S/C15H14BrN3O3/c16-15-5-10-12(20)18-7-22-6-11(18)13(21)19(10)14(15)17-9-4-2-1-3-8(9)15/h1-4,10-11,14,17H,5-7H2. The van der Waals surface area contributed by atoms with Crippen LogP contribution in [0.3, 0.4) is 0 Å². The second-order valence-corrected chi connectivity index (χ2v) is 7.66. The Bertz CT molecular complexity index is 711. The van der Waals surface area contributed by atoms with Crippen molar-refractivity contribution in [1.82, 2.24) is 9.80 Å². The minimum atomic E-state index is -0.468. The molecule has 3 saturated heterocycles.